The van der Waals surface area contributed by atoms with Gasteiger partial charge in [-0.2, -0.15) is 0 Å². The molecule has 98 valence electrons. The lowest BCUT2D eigenvalue weighted by Gasteiger charge is -2.30. The Kier molecular flexibility index (Phi) is 5.04. The van der Waals surface area contributed by atoms with Crippen molar-refractivity contribution in [2.75, 3.05) is 0 Å². The van der Waals surface area contributed by atoms with Crippen molar-refractivity contribution in [3.63, 3.8) is 0 Å². The van der Waals surface area contributed by atoms with Crippen LogP contribution in [0.4, 0.5) is 0 Å². The lowest BCUT2D eigenvalue weighted by molar-refractivity contribution is -0.129. The lowest BCUT2D eigenvalue weighted by Crippen LogP contribution is -2.57. The molecule has 1 amide bonds. The van der Waals surface area contributed by atoms with Crippen molar-refractivity contribution in [1.29, 1.82) is 0 Å². The molecule has 0 aliphatic rings. The summed E-state index contributed by atoms with van der Waals surface area (Å²) < 4.78 is 0. The highest BCUT2D eigenvalue weighted by atomic mass is 16.1. The predicted molar refractivity (Wildman–Crippen MR) is 70.7 cm³/mol. The molecule has 0 aliphatic carbocycles. The quantitative estimate of drug-likeness (QED) is 0.706. The summed E-state index contributed by atoms with van der Waals surface area (Å²) in [5, 5.41) is 0. The minimum atomic E-state index is -1.24. The zero-order valence-electron chi connectivity index (χ0n) is 10.6. The van der Waals surface area contributed by atoms with E-state index in [1.165, 1.54) is 0 Å². The molecule has 0 aromatic heterocycles. The zero-order chi connectivity index (χ0) is 13.6. The number of hydrogen-bond acceptors (Lipinski definition) is 3. The second-order valence-electron chi connectivity index (χ2n) is 4.53. The summed E-state index contributed by atoms with van der Waals surface area (Å²) in [4.78, 5) is 22.6. The van der Waals surface area contributed by atoms with Gasteiger partial charge in [-0.25, -0.2) is 0 Å². The third kappa shape index (κ3) is 3.17. The van der Waals surface area contributed by atoms with Crippen molar-refractivity contribution in [3.8, 4) is 0 Å². The number of aldehydes is 1. The number of carbonyl (C=O) groups excluding carboxylic acids is 2. The first-order chi connectivity index (χ1) is 8.54. The number of aryl methyl sites for hydroxylation is 1. The summed E-state index contributed by atoms with van der Waals surface area (Å²) in [6.45, 7) is 1.77. The summed E-state index contributed by atoms with van der Waals surface area (Å²) in [6, 6.07) is 9.78. The number of amides is 1. The molecule has 4 nitrogen and oxygen atoms in total. The summed E-state index contributed by atoms with van der Waals surface area (Å²) in [5.74, 6) is -1.16. The van der Waals surface area contributed by atoms with Crippen LogP contribution in [0.3, 0.4) is 0 Å². The Morgan fingerprint density at radius 3 is 2.44 bits per heavy atom. The predicted octanol–water partition coefficient (Wildman–Crippen LogP) is 1.03. The summed E-state index contributed by atoms with van der Waals surface area (Å²) in [6.07, 6.45) is 2.34. The number of hydrogen-bond donors (Lipinski definition) is 2. The van der Waals surface area contributed by atoms with Gasteiger partial charge in [0, 0.05) is 5.92 Å². The average molecular weight is 248 g/mol. The van der Waals surface area contributed by atoms with Gasteiger partial charge >= 0.3 is 0 Å². The second kappa shape index (κ2) is 6.31. The molecule has 0 saturated heterocycles. The van der Waals surface area contributed by atoms with Crippen LogP contribution in [0.1, 0.15) is 25.3 Å². The average Bonchev–Trinajstić information content (AvgIpc) is 2.39. The van der Waals surface area contributed by atoms with Gasteiger partial charge in [0.2, 0.25) is 5.91 Å². The molecule has 0 spiro atoms. The SMILES string of the molecule is CCC(N)(C(N)=O)C(C=O)CCc1ccccc1. The minimum absolute atomic E-state index is 0.362. The first-order valence-corrected chi connectivity index (χ1v) is 6.12. The maximum Gasteiger partial charge on any atom is 0.238 e. The van der Waals surface area contributed by atoms with E-state index in [0.717, 1.165) is 11.8 Å². The molecule has 18 heavy (non-hydrogen) atoms. The molecule has 0 heterocycles. The fraction of sp³-hybridized carbons (Fsp3) is 0.429. The Morgan fingerprint density at radius 2 is 2.00 bits per heavy atom. The van der Waals surface area contributed by atoms with Crippen LogP contribution in [-0.2, 0) is 16.0 Å². The van der Waals surface area contributed by atoms with Crippen molar-refractivity contribution < 1.29 is 9.59 Å². The molecule has 2 atom stereocenters. The highest BCUT2D eigenvalue weighted by molar-refractivity contribution is 5.88. The largest absolute Gasteiger partial charge is 0.368 e. The maximum atomic E-state index is 11.4. The minimum Gasteiger partial charge on any atom is -0.368 e. The molecule has 1 rings (SSSR count). The van der Waals surface area contributed by atoms with Gasteiger partial charge in [-0.05, 0) is 24.8 Å². The molecule has 0 saturated carbocycles. The van der Waals surface area contributed by atoms with Crippen molar-refractivity contribution >= 4 is 12.2 Å². The number of nitrogens with two attached hydrogens (primary N) is 2. The Bertz CT molecular complexity index is 406. The molecule has 1 aromatic carbocycles. The Morgan fingerprint density at radius 1 is 1.39 bits per heavy atom. The third-order valence-electron chi connectivity index (χ3n) is 3.46. The van der Waals surface area contributed by atoms with Gasteiger partial charge < -0.3 is 16.3 Å². The Hall–Kier alpha value is -1.68. The molecule has 0 radical (unpaired) electrons. The van der Waals surface area contributed by atoms with E-state index in [9.17, 15) is 9.59 Å². The maximum absolute atomic E-state index is 11.4. The van der Waals surface area contributed by atoms with Gasteiger partial charge in [0.05, 0.1) is 0 Å². The van der Waals surface area contributed by atoms with Crippen molar-refractivity contribution in [2.45, 2.75) is 31.7 Å². The molecule has 0 aliphatic heterocycles. The first kappa shape index (κ1) is 14.4. The lowest BCUT2D eigenvalue weighted by atomic mass is 9.79. The second-order valence-corrected chi connectivity index (χ2v) is 4.53. The van der Waals surface area contributed by atoms with E-state index >= 15 is 0 Å². The molecular weight excluding hydrogens is 228 g/mol. The molecule has 1 aromatic rings. The number of primary amides is 1. The van der Waals surface area contributed by atoms with Gasteiger partial charge in [-0.15, -0.1) is 0 Å². The zero-order valence-corrected chi connectivity index (χ0v) is 10.6. The summed E-state index contributed by atoms with van der Waals surface area (Å²) in [7, 11) is 0. The van der Waals surface area contributed by atoms with Crippen LogP contribution >= 0.6 is 0 Å². The molecule has 4 N–H and O–H groups in total. The van der Waals surface area contributed by atoms with Crippen LogP contribution in [0.2, 0.25) is 0 Å². The Balaban J connectivity index is 2.73. The van der Waals surface area contributed by atoms with E-state index in [4.69, 9.17) is 11.5 Å². The van der Waals surface area contributed by atoms with Crippen LogP contribution < -0.4 is 11.5 Å². The summed E-state index contributed by atoms with van der Waals surface area (Å²) in [5.41, 5.74) is 11.1. The van der Waals surface area contributed by atoms with Crippen LogP contribution in [0.5, 0.6) is 0 Å². The van der Waals surface area contributed by atoms with Crippen LogP contribution in [0.15, 0.2) is 30.3 Å². The fourth-order valence-corrected chi connectivity index (χ4v) is 2.03. The van der Waals surface area contributed by atoms with E-state index in [2.05, 4.69) is 0 Å². The van der Waals surface area contributed by atoms with Gasteiger partial charge in [0.25, 0.3) is 0 Å². The van der Waals surface area contributed by atoms with Gasteiger partial charge in [-0.3, -0.25) is 4.79 Å². The molecule has 4 heteroatoms. The fourth-order valence-electron chi connectivity index (χ4n) is 2.03. The van der Waals surface area contributed by atoms with Gasteiger partial charge in [0.15, 0.2) is 0 Å². The Labute approximate surface area is 107 Å². The topological polar surface area (TPSA) is 86.2 Å². The highest BCUT2D eigenvalue weighted by Gasteiger charge is 2.38. The first-order valence-electron chi connectivity index (χ1n) is 6.12. The molecule has 2 unspecified atom stereocenters. The van der Waals surface area contributed by atoms with Crippen LogP contribution in [-0.4, -0.2) is 17.7 Å². The molecular formula is C14H20N2O2. The standard InChI is InChI=1S/C14H20N2O2/c1-2-14(16,13(15)18)12(10-17)9-8-11-6-4-3-5-7-11/h3-7,10,12H,2,8-9,16H2,1H3,(H2,15,18). The van der Waals surface area contributed by atoms with Crippen LogP contribution in [0.25, 0.3) is 0 Å². The monoisotopic (exact) mass is 248 g/mol. The third-order valence-corrected chi connectivity index (χ3v) is 3.46. The van der Waals surface area contributed by atoms with E-state index in [-0.39, 0.29) is 0 Å². The summed E-state index contributed by atoms with van der Waals surface area (Å²) >= 11 is 0. The van der Waals surface area contributed by atoms with Crippen molar-refractivity contribution in [3.05, 3.63) is 35.9 Å². The van der Waals surface area contributed by atoms with E-state index in [0.29, 0.717) is 19.3 Å². The van der Waals surface area contributed by atoms with E-state index < -0.39 is 17.4 Å². The van der Waals surface area contributed by atoms with Gasteiger partial charge in [0.1, 0.15) is 11.8 Å². The van der Waals surface area contributed by atoms with Crippen molar-refractivity contribution in [2.24, 2.45) is 17.4 Å². The number of benzene rings is 1. The van der Waals surface area contributed by atoms with Crippen molar-refractivity contribution in [1.82, 2.24) is 0 Å². The normalized spacial score (nSPS) is 15.7. The molecule has 0 fully saturated rings. The smallest absolute Gasteiger partial charge is 0.238 e. The van der Waals surface area contributed by atoms with Crippen LogP contribution in [0, 0.1) is 5.92 Å². The van der Waals surface area contributed by atoms with E-state index in [1.807, 2.05) is 30.3 Å². The molecule has 0 bridgehead atoms. The van der Waals surface area contributed by atoms with E-state index in [1.54, 1.807) is 6.92 Å². The highest BCUT2D eigenvalue weighted by Crippen LogP contribution is 2.22. The van der Waals surface area contributed by atoms with Gasteiger partial charge in [-0.1, -0.05) is 37.3 Å². The number of carbonyl (C=O) groups is 2. The number of rotatable bonds is 7.